The summed E-state index contributed by atoms with van der Waals surface area (Å²) in [6, 6.07) is 9.27. The van der Waals surface area contributed by atoms with Crippen LogP contribution in [0.25, 0.3) is 27.6 Å². The zero-order chi connectivity index (χ0) is 33.6. The average Bonchev–Trinajstić information content (AvgIpc) is 3.53. The quantitative estimate of drug-likeness (QED) is 0.206. The van der Waals surface area contributed by atoms with Crippen molar-refractivity contribution < 1.29 is 22.0 Å². The molecule has 0 saturated carbocycles. The molecule has 14 nitrogen and oxygen atoms in total. The summed E-state index contributed by atoms with van der Waals surface area (Å²) in [6.07, 6.45) is 3.67. The largest absolute Gasteiger partial charge is 0.382 e. The Labute approximate surface area is 269 Å². The Morgan fingerprint density at radius 2 is 1.85 bits per heavy atom. The maximum Gasteiger partial charge on any atom is 0.267 e. The Morgan fingerprint density at radius 1 is 1.11 bits per heavy atom. The summed E-state index contributed by atoms with van der Waals surface area (Å²) in [5.74, 6) is -2.22. The molecule has 0 radical (unpaired) electrons. The second-order valence-corrected chi connectivity index (χ2v) is 12.8. The van der Waals surface area contributed by atoms with Crippen LogP contribution in [-0.4, -0.2) is 54.7 Å². The molecule has 0 fully saturated rings. The number of halogens is 3. The number of pyridine rings is 1. The van der Waals surface area contributed by atoms with Crippen molar-refractivity contribution in [2.45, 2.75) is 19.0 Å². The van der Waals surface area contributed by atoms with Crippen molar-refractivity contribution in [1.82, 2.24) is 39.4 Å². The number of nitrogens with one attached hydrogen (secondary N) is 2. The first-order chi connectivity index (χ1) is 22.3. The van der Waals surface area contributed by atoms with E-state index in [9.17, 15) is 26.8 Å². The lowest BCUT2D eigenvalue weighted by Gasteiger charge is -2.23. The van der Waals surface area contributed by atoms with Crippen LogP contribution >= 0.6 is 11.6 Å². The Balaban J connectivity index is 1.60. The third-order valence-electron chi connectivity index (χ3n) is 7.08. The third kappa shape index (κ3) is 6.48. The zero-order valence-corrected chi connectivity index (χ0v) is 26.2. The predicted octanol–water partition coefficient (Wildman–Crippen LogP) is 2.85. The smallest absolute Gasteiger partial charge is 0.267 e. The molecule has 1 atom stereocenters. The van der Waals surface area contributed by atoms with Gasteiger partial charge in [-0.2, -0.15) is 10.2 Å². The number of rotatable bonds is 9. The van der Waals surface area contributed by atoms with Crippen LogP contribution in [0, 0.1) is 11.6 Å². The lowest BCUT2D eigenvalue weighted by atomic mass is 10.0. The summed E-state index contributed by atoms with van der Waals surface area (Å²) in [7, 11) is -2.26. The number of carbonyl (C=O) groups is 1. The minimum absolute atomic E-state index is 0.0444. The van der Waals surface area contributed by atoms with Gasteiger partial charge in [-0.1, -0.05) is 11.6 Å². The molecule has 0 bridgehead atoms. The molecule has 0 saturated heterocycles. The number of benzene rings is 2. The van der Waals surface area contributed by atoms with Gasteiger partial charge in [-0.3, -0.25) is 28.2 Å². The highest BCUT2D eigenvalue weighted by Crippen LogP contribution is 2.35. The first kappa shape index (κ1) is 31.6. The average molecular weight is 683 g/mol. The lowest BCUT2D eigenvalue weighted by molar-refractivity contribution is -0.122. The third-order valence-corrected chi connectivity index (χ3v) is 7.96. The fourth-order valence-electron chi connectivity index (χ4n) is 5.31. The topological polar surface area (TPSA) is 185 Å². The van der Waals surface area contributed by atoms with Crippen LogP contribution < -0.4 is 21.3 Å². The van der Waals surface area contributed by atoms with Crippen molar-refractivity contribution >= 4 is 61.1 Å². The first-order valence-electron chi connectivity index (χ1n) is 13.8. The molecule has 1 amide bonds. The number of fused-ring (bicyclic) bond motifs is 2. The summed E-state index contributed by atoms with van der Waals surface area (Å²) in [5.41, 5.74) is 5.69. The predicted molar refractivity (Wildman–Crippen MR) is 170 cm³/mol. The molecule has 4 N–H and O–H groups in total. The molecule has 6 aromatic rings. The van der Waals surface area contributed by atoms with Crippen molar-refractivity contribution in [1.29, 1.82) is 0 Å². The summed E-state index contributed by atoms with van der Waals surface area (Å²) in [5, 5.41) is 11.6. The Bertz CT molecular complexity index is 2350. The van der Waals surface area contributed by atoms with E-state index in [1.807, 2.05) is 0 Å². The maximum atomic E-state index is 14.3. The summed E-state index contributed by atoms with van der Waals surface area (Å²) < 4.78 is 59.1. The fourth-order valence-corrected chi connectivity index (χ4v) is 6.05. The van der Waals surface area contributed by atoms with Crippen LogP contribution in [0.2, 0.25) is 5.02 Å². The Morgan fingerprint density at radius 3 is 2.53 bits per heavy atom. The van der Waals surface area contributed by atoms with E-state index >= 15 is 0 Å². The summed E-state index contributed by atoms with van der Waals surface area (Å²) in [6.45, 7) is -0.283. The number of amides is 1. The van der Waals surface area contributed by atoms with E-state index in [-0.39, 0.29) is 68.6 Å². The number of hydrogen-bond acceptors (Lipinski definition) is 9. The highest BCUT2D eigenvalue weighted by atomic mass is 35.5. The molecule has 2 aromatic carbocycles. The first-order valence-corrected chi connectivity index (χ1v) is 16.1. The van der Waals surface area contributed by atoms with E-state index in [2.05, 4.69) is 30.2 Å². The normalized spacial score (nSPS) is 12.4. The molecule has 47 heavy (non-hydrogen) atoms. The van der Waals surface area contributed by atoms with Gasteiger partial charge in [-0.05, 0) is 48.0 Å². The Kier molecular flexibility index (Phi) is 8.10. The molecule has 0 aliphatic heterocycles. The van der Waals surface area contributed by atoms with Crippen molar-refractivity contribution in [3.63, 3.8) is 0 Å². The van der Waals surface area contributed by atoms with E-state index < -0.39 is 39.2 Å². The molecule has 6 rings (SSSR count). The van der Waals surface area contributed by atoms with Crippen molar-refractivity contribution in [3.8, 4) is 5.69 Å². The standard InChI is InChI=1S/C29H25ClF2N10O4S/c1-40-25-21(6-5-19(30)24(25)27(38-40)39-47(2,45)46)42-28(36-26-18(29(42)44)4-3-8-34-26)20(12-15-10-16(31)13-17(32)11-15)35-23(43)14-41-9-7-22(33)37-41/h3-11,13,20H,12,14H2,1-2H3,(H2,33,37)(H,35,43)(H,38,39)/t20-/m0/s1. The van der Waals surface area contributed by atoms with Gasteiger partial charge in [0.25, 0.3) is 5.56 Å². The molecule has 4 heterocycles. The molecular weight excluding hydrogens is 658 g/mol. The number of anilines is 2. The van der Waals surface area contributed by atoms with Gasteiger partial charge in [0.15, 0.2) is 11.5 Å². The summed E-state index contributed by atoms with van der Waals surface area (Å²) >= 11 is 6.54. The number of nitrogens with zero attached hydrogens (tertiary/aromatic N) is 7. The van der Waals surface area contributed by atoms with E-state index in [0.29, 0.717) is 6.07 Å². The molecule has 0 aliphatic carbocycles. The number of hydrogen-bond donors (Lipinski definition) is 3. The lowest BCUT2D eigenvalue weighted by Crippen LogP contribution is -2.37. The van der Waals surface area contributed by atoms with Gasteiger partial charge in [0.2, 0.25) is 15.9 Å². The second kappa shape index (κ2) is 12.1. The molecule has 242 valence electrons. The second-order valence-electron chi connectivity index (χ2n) is 10.7. The molecular formula is C29H25ClF2N10O4S. The number of carbonyl (C=O) groups excluding carboxylic acids is 1. The van der Waals surface area contributed by atoms with Gasteiger partial charge < -0.3 is 11.1 Å². The number of sulfonamides is 1. The maximum absolute atomic E-state index is 14.3. The van der Waals surface area contributed by atoms with Crippen LogP contribution in [0.15, 0.2) is 65.7 Å². The van der Waals surface area contributed by atoms with Crippen LogP contribution in [0.1, 0.15) is 17.4 Å². The van der Waals surface area contributed by atoms with Crippen molar-refractivity contribution in [2.24, 2.45) is 7.05 Å². The van der Waals surface area contributed by atoms with Gasteiger partial charge in [-0.15, -0.1) is 0 Å². The van der Waals surface area contributed by atoms with Crippen LogP contribution in [0.3, 0.4) is 0 Å². The minimum atomic E-state index is -3.78. The SMILES string of the molecule is Cn1nc(NS(C)(=O)=O)c2c(Cl)ccc(-n3c([C@H](Cc4cc(F)cc(F)c4)NC(=O)Cn4ccc(N)n4)nc4ncccc4c3=O)c21. The number of aryl methyl sites for hydroxylation is 1. The van der Waals surface area contributed by atoms with Gasteiger partial charge in [-0.25, -0.2) is 27.2 Å². The van der Waals surface area contributed by atoms with Crippen LogP contribution in [-0.2, 0) is 34.8 Å². The monoisotopic (exact) mass is 682 g/mol. The molecule has 0 unspecified atom stereocenters. The highest BCUT2D eigenvalue weighted by Gasteiger charge is 2.27. The van der Waals surface area contributed by atoms with E-state index in [0.717, 1.165) is 18.4 Å². The Hall–Kier alpha value is -5.42. The van der Waals surface area contributed by atoms with E-state index in [1.165, 1.54) is 57.6 Å². The molecule has 0 spiro atoms. The molecule has 0 aliphatic rings. The number of aromatic nitrogens is 7. The molecule has 18 heteroatoms. The van der Waals surface area contributed by atoms with Gasteiger partial charge in [0.05, 0.1) is 39.3 Å². The fraction of sp³-hybridized carbons (Fsp3) is 0.172. The minimum Gasteiger partial charge on any atom is -0.382 e. The van der Waals surface area contributed by atoms with Gasteiger partial charge in [0.1, 0.15) is 29.8 Å². The highest BCUT2D eigenvalue weighted by molar-refractivity contribution is 7.92. The number of nitrogen functional groups attached to an aromatic ring is 1. The zero-order valence-electron chi connectivity index (χ0n) is 24.6. The summed E-state index contributed by atoms with van der Waals surface area (Å²) in [4.78, 5) is 36.6. The van der Waals surface area contributed by atoms with Crippen LogP contribution in [0.5, 0.6) is 0 Å². The number of nitrogens with two attached hydrogens (primary N) is 1. The van der Waals surface area contributed by atoms with Crippen LogP contribution in [0.4, 0.5) is 20.4 Å². The molecule has 4 aromatic heterocycles. The van der Waals surface area contributed by atoms with E-state index in [1.54, 1.807) is 6.07 Å². The van der Waals surface area contributed by atoms with Gasteiger partial charge in [0, 0.05) is 31.9 Å². The van der Waals surface area contributed by atoms with Gasteiger partial charge >= 0.3 is 0 Å². The van der Waals surface area contributed by atoms with Crippen molar-refractivity contribution in [3.05, 3.63) is 99.3 Å². The van der Waals surface area contributed by atoms with Crippen molar-refractivity contribution in [2.75, 3.05) is 16.7 Å². The van der Waals surface area contributed by atoms with E-state index in [4.69, 9.17) is 17.3 Å².